The first-order valence-corrected chi connectivity index (χ1v) is 16.2. The number of benzene rings is 2. The number of allylic oxidation sites excluding steroid dienone is 1. The van der Waals surface area contributed by atoms with E-state index in [2.05, 4.69) is 29.1 Å². The second kappa shape index (κ2) is 13.4. The highest BCUT2D eigenvalue weighted by molar-refractivity contribution is 9.09. The first kappa shape index (κ1) is 32.1. The van der Waals surface area contributed by atoms with Crippen molar-refractivity contribution < 1.29 is 29.0 Å². The molecule has 3 heterocycles. The molecule has 1 spiro atoms. The number of fused-ring (bicyclic) bond motifs is 1. The number of nitrogens with zero attached hydrogens (tertiary/aromatic N) is 2. The van der Waals surface area contributed by atoms with Gasteiger partial charge in [-0.15, -0.1) is 13.2 Å². The third kappa shape index (κ3) is 5.54. The van der Waals surface area contributed by atoms with Gasteiger partial charge < -0.3 is 24.4 Å². The number of anilines is 1. The normalized spacial score (nSPS) is 27.6. The van der Waals surface area contributed by atoms with Crippen LogP contribution in [0.15, 0.2) is 73.8 Å². The van der Waals surface area contributed by atoms with Gasteiger partial charge >= 0.3 is 5.97 Å². The minimum atomic E-state index is -1.28. The highest BCUT2D eigenvalue weighted by atomic mass is 79.9. The Morgan fingerprint density at radius 2 is 1.86 bits per heavy atom. The molecule has 0 radical (unpaired) electrons. The molecule has 3 fully saturated rings. The number of hydrogen-bond acceptors (Lipinski definition) is 6. The lowest BCUT2D eigenvalue weighted by Crippen LogP contribution is -2.59. The zero-order chi connectivity index (χ0) is 31.6. The predicted octanol–water partition coefficient (Wildman–Crippen LogP) is 4.68. The van der Waals surface area contributed by atoms with Crippen molar-refractivity contribution in [3.8, 4) is 0 Å². The number of unbranched alkanes of at least 4 members (excludes halogenated alkanes) is 1. The summed E-state index contributed by atoms with van der Waals surface area (Å²) in [5.41, 5.74) is 2.19. The fourth-order valence-corrected chi connectivity index (χ4v) is 8.39. The van der Waals surface area contributed by atoms with Gasteiger partial charge in [-0.25, -0.2) is 0 Å². The Morgan fingerprint density at radius 1 is 1.16 bits per heavy atom. The Labute approximate surface area is 267 Å². The summed E-state index contributed by atoms with van der Waals surface area (Å²) in [5, 5.41) is 10.8. The number of amides is 2. The SMILES string of the molecule is C=CCCCOC(=O)[C@H]1[C@@H]2OC3(CC2Br)C(C(=O)N(CC=C)c2c(C)cccc2C)N([C@@H](CO)Cc2ccccc2)C(=O)[C@H]13. The maximum absolute atomic E-state index is 15.0. The van der Waals surface area contributed by atoms with Crippen molar-refractivity contribution in [1.82, 2.24) is 4.90 Å². The lowest BCUT2D eigenvalue weighted by Gasteiger charge is -2.40. The summed E-state index contributed by atoms with van der Waals surface area (Å²) in [6.07, 6.45) is 4.82. The molecule has 1 N–H and O–H groups in total. The Hall–Kier alpha value is -3.27. The van der Waals surface area contributed by atoms with E-state index in [0.29, 0.717) is 25.7 Å². The predicted molar refractivity (Wildman–Crippen MR) is 172 cm³/mol. The molecule has 7 atom stereocenters. The van der Waals surface area contributed by atoms with Gasteiger partial charge in [0.1, 0.15) is 11.6 Å². The van der Waals surface area contributed by atoms with Gasteiger partial charge in [-0.1, -0.05) is 76.6 Å². The summed E-state index contributed by atoms with van der Waals surface area (Å²) in [4.78, 5) is 46.2. The molecule has 0 aromatic heterocycles. The number of para-hydroxylation sites is 1. The first-order valence-electron chi connectivity index (χ1n) is 15.2. The highest BCUT2D eigenvalue weighted by Crippen LogP contribution is 2.61. The van der Waals surface area contributed by atoms with Crippen molar-refractivity contribution in [2.45, 2.75) is 68.1 Å². The Kier molecular flexibility index (Phi) is 9.77. The molecule has 9 heteroatoms. The minimum Gasteiger partial charge on any atom is -0.465 e. The van der Waals surface area contributed by atoms with E-state index >= 15 is 4.79 Å². The Balaban J connectivity index is 1.61. The number of aliphatic hydroxyl groups excluding tert-OH is 1. The smallest absolute Gasteiger partial charge is 0.312 e. The van der Waals surface area contributed by atoms with Gasteiger partial charge in [0, 0.05) is 17.1 Å². The number of alkyl halides is 1. The quantitative estimate of drug-likeness (QED) is 0.145. The zero-order valence-corrected chi connectivity index (χ0v) is 26.9. The summed E-state index contributed by atoms with van der Waals surface area (Å²) in [6, 6.07) is 13.6. The topological polar surface area (TPSA) is 96.4 Å². The summed E-state index contributed by atoms with van der Waals surface area (Å²) in [5.74, 6) is -3.00. The van der Waals surface area contributed by atoms with Crippen LogP contribution >= 0.6 is 15.9 Å². The average Bonchev–Trinajstić information content (AvgIpc) is 3.61. The van der Waals surface area contributed by atoms with Crippen LogP contribution in [0.4, 0.5) is 5.69 Å². The van der Waals surface area contributed by atoms with E-state index in [-0.39, 0.29) is 36.4 Å². The van der Waals surface area contributed by atoms with E-state index in [4.69, 9.17) is 9.47 Å². The fraction of sp³-hybridized carbons (Fsp3) is 0.457. The molecule has 0 aliphatic carbocycles. The largest absolute Gasteiger partial charge is 0.465 e. The summed E-state index contributed by atoms with van der Waals surface area (Å²) in [6.45, 7) is 11.6. The third-order valence-electron chi connectivity index (χ3n) is 9.24. The van der Waals surface area contributed by atoms with Crippen molar-refractivity contribution in [2.24, 2.45) is 11.8 Å². The van der Waals surface area contributed by atoms with Crippen LogP contribution in [0.25, 0.3) is 0 Å². The van der Waals surface area contributed by atoms with Crippen molar-refractivity contribution in [1.29, 1.82) is 0 Å². The van der Waals surface area contributed by atoms with Crippen molar-refractivity contribution in [2.75, 3.05) is 24.7 Å². The highest BCUT2D eigenvalue weighted by Gasteiger charge is 2.77. The van der Waals surface area contributed by atoms with E-state index in [1.165, 1.54) is 4.90 Å². The van der Waals surface area contributed by atoms with Crippen LogP contribution in [0.5, 0.6) is 0 Å². The molecular formula is C35H41BrN2O6. The lowest BCUT2D eigenvalue weighted by molar-refractivity contribution is -0.155. The molecule has 2 aromatic rings. The maximum atomic E-state index is 15.0. The molecule has 8 nitrogen and oxygen atoms in total. The molecule has 234 valence electrons. The van der Waals surface area contributed by atoms with E-state index in [1.54, 1.807) is 17.1 Å². The van der Waals surface area contributed by atoms with E-state index in [1.807, 2.05) is 62.4 Å². The molecule has 3 aliphatic heterocycles. The van der Waals surface area contributed by atoms with E-state index in [0.717, 1.165) is 22.4 Å². The fourth-order valence-electron chi connectivity index (χ4n) is 7.44. The molecule has 0 saturated carbocycles. The standard InChI is InChI=1S/C35H41BrN2O6/c1-5-7-11-18-43-34(42)27-28-32(40)38(25(21-39)19-24-15-9-8-10-16-24)31(35(28)20-26(36)30(27)44-35)33(41)37(17-6-2)29-22(3)13-12-14-23(29)4/h5-6,8-10,12-16,25-28,30-31,39H,1-2,7,11,17-21H2,3-4H3/t25-,26?,27-,28+,30-,31?,35?/m1/s1. The second-order valence-electron chi connectivity index (χ2n) is 12.0. The number of halogens is 1. The van der Waals surface area contributed by atoms with Crippen LogP contribution in [-0.4, -0.2) is 76.2 Å². The van der Waals surface area contributed by atoms with Gasteiger partial charge in [0.15, 0.2) is 0 Å². The van der Waals surface area contributed by atoms with Gasteiger partial charge in [0.25, 0.3) is 5.91 Å². The molecule has 3 aliphatic rings. The minimum absolute atomic E-state index is 0.202. The maximum Gasteiger partial charge on any atom is 0.312 e. The number of ether oxygens (including phenoxy) is 2. The monoisotopic (exact) mass is 664 g/mol. The molecule has 2 bridgehead atoms. The van der Waals surface area contributed by atoms with Crippen molar-refractivity contribution in [3.05, 3.63) is 90.5 Å². The van der Waals surface area contributed by atoms with Gasteiger partial charge in [0.2, 0.25) is 5.91 Å². The average molecular weight is 666 g/mol. The number of carbonyl (C=O) groups is 3. The zero-order valence-electron chi connectivity index (χ0n) is 25.4. The third-order valence-corrected chi connectivity index (χ3v) is 10.1. The lowest BCUT2D eigenvalue weighted by atomic mass is 9.70. The summed E-state index contributed by atoms with van der Waals surface area (Å²) >= 11 is 3.72. The van der Waals surface area contributed by atoms with E-state index in [9.17, 15) is 14.7 Å². The Morgan fingerprint density at radius 3 is 2.50 bits per heavy atom. The molecule has 5 rings (SSSR count). The van der Waals surface area contributed by atoms with Crippen LogP contribution in [0.3, 0.4) is 0 Å². The van der Waals surface area contributed by atoms with Crippen LogP contribution in [0, 0.1) is 25.7 Å². The molecule has 3 unspecified atom stereocenters. The van der Waals surface area contributed by atoms with Crippen LogP contribution in [0.1, 0.15) is 36.0 Å². The number of esters is 1. The number of rotatable bonds is 13. The van der Waals surface area contributed by atoms with Crippen LogP contribution in [0.2, 0.25) is 0 Å². The molecule has 44 heavy (non-hydrogen) atoms. The number of hydrogen-bond donors (Lipinski definition) is 1. The second-order valence-corrected chi connectivity index (χ2v) is 13.2. The number of aliphatic hydroxyl groups is 1. The Bertz CT molecular complexity index is 1390. The molecule has 2 amide bonds. The van der Waals surface area contributed by atoms with Gasteiger partial charge in [-0.05, 0) is 56.2 Å². The van der Waals surface area contributed by atoms with E-state index < -0.39 is 41.6 Å². The van der Waals surface area contributed by atoms with Crippen molar-refractivity contribution >= 4 is 39.4 Å². The first-order chi connectivity index (χ1) is 21.2. The van der Waals surface area contributed by atoms with Gasteiger partial charge in [0.05, 0.1) is 37.2 Å². The molecule has 2 aromatic carbocycles. The molecular weight excluding hydrogens is 624 g/mol. The van der Waals surface area contributed by atoms with Gasteiger partial charge in [-0.3, -0.25) is 14.4 Å². The van der Waals surface area contributed by atoms with Crippen LogP contribution < -0.4 is 4.90 Å². The number of likely N-dealkylation sites (tertiary alicyclic amines) is 1. The number of carbonyl (C=O) groups excluding carboxylic acids is 3. The summed E-state index contributed by atoms with van der Waals surface area (Å²) in [7, 11) is 0. The summed E-state index contributed by atoms with van der Waals surface area (Å²) < 4.78 is 12.3. The van der Waals surface area contributed by atoms with Gasteiger partial charge in [-0.2, -0.15) is 0 Å². The van der Waals surface area contributed by atoms with Crippen molar-refractivity contribution in [3.63, 3.8) is 0 Å². The van der Waals surface area contributed by atoms with Crippen LogP contribution in [-0.2, 0) is 30.3 Å². The molecule has 3 saturated heterocycles. The number of aryl methyl sites for hydroxylation is 2.